The third kappa shape index (κ3) is 1.61. The van der Waals surface area contributed by atoms with Crippen LogP contribution in [-0.4, -0.2) is 5.91 Å². The second kappa shape index (κ2) is 3.34. The molecule has 2 N–H and O–H groups in total. The third-order valence-electron chi connectivity index (χ3n) is 1.71. The van der Waals surface area contributed by atoms with Crippen LogP contribution in [0.4, 0.5) is 4.39 Å². The van der Waals surface area contributed by atoms with Crippen LogP contribution in [0.1, 0.15) is 17.3 Å². The van der Waals surface area contributed by atoms with Gasteiger partial charge in [0.1, 0.15) is 0 Å². The van der Waals surface area contributed by atoms with E-state index in [4.69, 9.17) is 5.73 Å². The van der Waals surface area contributed by atoms with Crippen molar-refractivity contribution in [2.24, 2.45) is 5.73 Å². The summed E-state index contributed by atoms with van der Waals surface area (Å²) in [5, 5.41) is 0. The molecule has 0 aliphatic rings. The summed E-state index contributed by atoms with van der Waals surface area (Å²) in [6.07, 6.45) is -1.69. The van der Waals surface area contributed by atoms with Crippen LogP contribution in [0.3, 0.4) is 0 Å². The Hall–Kier alpha value is -1.38. The van der Waals surface area contributed by atoms with Gasteiger partial charge in [0, 0.05) is 0 Å². The van der Waals surface area contributed by atoms with Crippen molar-refractivity contribution < 1.29 is 9.18 Å². The van der Waals surface area contributed by atoms with E-state index in [9.17, 15) is 9.18 Å². The van der Waals surface area contributed by atoms with Crippen LogP contribution in [0.5, 0.6) is 0 Å². The molecule has 0 radical (unpaired) electrons. The Labute approximate surface area is 70.2 Å². The number of aryl methyl sites for hydroxylation is 1. The molecule has 1 aromatic rings. The highest BCUT2D eigenvalue weighted by Gasteiger charge is 2.17. The quantitative estimate of drug-likeness (QED) is 0.712. The predicted octanol–water partition coefficient (Wildman–Crippen LogP) is 1.49. The first-order valence-corrected chi connectivity index (χ1v) is 3.62. The van der Waals surface area contributed by atoms with Gasteiger partial charge in [-0.3, -0.25) is 4.79 Å². The SMILES string of the molecule is Cc1ccccc1C(F)C(N)=O. The number of carbonyl (C=O) groups is 1. The molecule has 1 rings (SSSR count). The van der Waals surface area contributed by atoms with Gasteiger partial charge >= 0.3 is 0 Å². The number of nitrogens with two attached hydrogens (primary N) is 1. The van der Waals surface area contributed by atoms with Gasteiger partial charge in [0.25, 0.3) is 5.91 Å². The molecular weight excluding hydrogens is 157 g/mol. The maximum Gasteiger partial charge on any atom is 0.256 e. The monoisotopic (exact) mass is 167 g/mol. The number of hydrogen-bond acceptors (Lipinski definition) is 1. The molecule has 0 spiro atoms. The Morgan fingerprint density at radius 2 is 2.08 bits per heavy atom. The molecule has 0 saturated heterocycles. The van der Waals surface area contributed by atoms with Crippen molar-refractivity contribution in [3.8, 4) is 0 Å². The normalized spacial score (nSPS) is 12.5. The zero-order valence-corrected chi connectivity index (χ0v) is 6.75. The molecule has 1 aromatic carbocycles. The zero-order valence-electron chi connectivity index (χ0n) is 6.75. The lowest BCUT2D eigenvalue weighted by Crippen LogP contribution is -2.18. The second-order valence-electron chi connectivity index (χ2n) is 2.62. The lowest BCUT2D eigenvalue weighted by atomic mass is 10.0. The zero-order chi connectivity index (χ0) is 9.14. The van der Waals surface area contributed by atoms with Gasteiger partial charge in [-0.15, -0.1) is 0 Å². The number of alkyl halides is 1. The van der Waals surface area contributed by atoms with Crippen LogP contribution >= 0.6 is 0 Å². The van der Waals surface area contributed by atoms with Gasteiger partial charge in [0.05, 0.1) is 0 Å². The van der Waals surface area contributed by atoms with Crippen molar-refractivity contribution in [3.63, 3.8) is 0 Å². The second-order valence-corrected chi connectivity index (χ2v) is 2.62. The van der Waals surface area contributed by atoms with Crippen LogP contribution in [0.2, 0.25) is 0 Å². The smallest absolute Gasteiger partial charge is 0.256 e. The van der Waals surface area contributed by atoms with Gasteiger partial charge in [-0.1, -0.05) is 24.3 Å². The number of primary amides is 1. The van der Waals surface area contributed by atoms with E-state index in [0.29, 0.717) is 5.56 Å². The molecule has 0 aromatic heterocycles. The summed E-state index contributed by atoms with van der Waals surface area (Å²) in [7, 11) is 0. The number of benzene rings is 1. The van der Waals surface area contributed by atoms with Crippen LogP contribution < -0.4 is 5.73 Å². The Morgan fingerprint density at radius 3 is 2.58 bits per heavy atom. The van der Waals surface area contributed by atoms with Gasteiger partial charge in [0.15, 0.2) is 0 Å². The minimum absolute atomic E-state index is 0.352. The largest absolute Gasteiger partial charge is 0.367 e. The molecule has 1 amide bonds. The lowest BCUT2D eigenvalue weighted by molar-refractivity contribution is -0.122. The van der Waals surface area contributed by atoms with Crippen molar-refractivity contribution in [1.82, 2.24) is 0 Å². The Morgan fingerprint density at radius 1 is 1.50 bits per heavy atom. The van der Waals surface area contributed by atoms with E-state index in [1.165, 1.54) is 0 Å². The van der Waals surface area contributed by atoms with Crippen molar-refractivity contribution in [3.05, 3.63) is 35.4 Å². The van der Waals surface area contributed by atoms with Crippen molar-refractivity contribution >= 4 is 5.91 Å². The minimum atomic E-state index is -1.69. The van der Waals surface area contributed by atoms with E-state index < -0.39 is 12.1 Å². The summed E-state index contributed by atoms with van der Waals surface area (Å²) in [5.41, 5.74) is 5.91. The van der Waals surface area contributed by atoms with Gasteiger partial charge in [0.2, 0.25) is 6.17 Å². The van der Waals surface area contributed by atoms with E-state index in [-0.39, 0.29) is 0 Å². The number of rotatable bonds is 2. The molecule has 0 aliphatic carbocycles. The molecule has 64 valence electrons. The standard InChI is InChI=1S/C9H10FNO/c1-6-4-2-3-5-7(6)8(10)9(11)12/h2-5,8H,1H3,(H2,11,12). The first-order valence-electron chi connectivity index (χ1n) is 3.62. The molecular formula is C9H10FNO. The van der Waals surface area contributed by atoms with E-state index in [1.807, 2.05) is 0 Å². The molecule has 0 aliphatic heterocycles. The van der Waals surface area contributed by atoms with Crippen LogP contribution in [0.25, 0.3) is 0 Å². The Bertz CT molecular complexity index is 298. The Kier molecular flexibility index (Phi) is 2.43. The van der Waals surface area contributed by atoms with Crippen molar-refractivity contribution in [1.29, 1.82) is 0 Å². The van der Waals surface area contributed by atoms with Crippen LogP contribution in [0.15, 0.2) is 24.3 Å². The predicted molar refractivity (Wildman–Crippen MR) is 44.2 cm³/mol. The third-order valence-corrected chi connectivity index (χ3v) is 1.71. The molecule has 0 bridgehead atoms. The number of carbonyl (C=O) groups excluding carboxylic acids is 1. The van der Waals surface area contributed by atoms with Crippen molar-refractivity contribution in [2.75, 3.05) is 0 Å². The van der Waals surface area contributed by atoms with Crippen LogP contribution in [-0.2, 0) is 4.79 Å². The summed E-state index contributed by atoms with van der Waals surface area (Å²) < 4.78 is 13.0. The van der Waals surface area contributed by atoms with E-state index in [1.54, 1.807) is 31.2 Å². The summed E-state index contributed by atoms with van der Waals surface area (Å²) in [6, 6.07) is 6.76. The number of halogens is 1. The van der Waals surface area contributed by atoms with Gasteiger partial charge in [-0.05, 0) is 18.1 Å². The van der Waals surface area contributed by atoms with E-state index in [2.05, 4.69) is 0 Å². The highest BCUT2D eigenvalue weighted by molar-refractivity contribution is 5.80. The molecule has 12 heavy (non-hydrogen) atoms. The summed E-state index contributed by atoms with van der Waals surface area (Å²) in [4.78, 5) is 10.5. The lowest BCUT2D eigenvalue weighted by Gasteiger charge is -2.06. The van der Waals surface area contributed by atoms with Crippen molar-refractivity contribution in [2.45, 2.75) is 13.1 Å². The fourth-order valence-corrected chi connectivity index (χ4v) is 1.02. The van der Waals surface area contributed by atoms with Gasteiger partial charge in [-0.25, -0.2) is 4.39 Å². The average Bonchev–Trinajstić information content (AvgIpc) is 2.04. The molecule has 0 heterocycles. The van der Waals surface area contributed by atoms with Crippen LogP contribution in [0, 0.1) is 6.92 Å². The maximum absolute atomic E-state index is 13.0. The average molecular weight is 167 g/mol. The molecule has 0 fully saturated rings. The highest BCUT2D eigenvalue weighted by Crippen LogP contribution is 2.19. The Balaban J connectivity index is 3.02. The first-order chi connectivity index (χ1) is 5.63. The molecule has 2 nitrogen and oxygen atoms in total. The molecule has 1 atom stereocenters. The number of hydrogen-bond donors (Lipinski definition) is 1. The van der Waals surface area contributed by atoms with Gasteiger partial charge in [-0.2, -0.15) is 0 Å². The molecule has 1 unspecified atom stereocenters. The van der Waals surface area contributed by atoms with E-state index in [0.717, 1.165) is 5.56 Å². The summed E-state index contributed by atoms with van der Waals surface area (Å²) in [6.45, 7) is 1.74. The highest BCUT2D eigenvalue weighted by atomic mass is 19.1. The van der Waals surface area contributed by atoms with Gasteiger partial charge < -0.3 is 5.73 Å². The number of amides is 1. The first kappa shape index (κ1) is 8.71. The molecule has 3 heteroatoms. The molecule has 0 saturated carbocycles. The van der Waals surface area contributed by atoms with E-state index >= 15 is 0 Å². The minimum Gasteiger partial charge on any atom is -0.367 e. The topological polar surface area (TPSA) is 43.1 Å². The fraction of sp³-hybridized carbons (Fsp3) is 0.222. The fourth-order valence-electron chi connectivity index (χ4n) is 1.02. The maximum atomic E-state index is 13.0. The summed E-state index contributed by atoms with van der Waals surface area (Å²) in [5.74, 6) is -0.940. The summed E-state index contributed by atoms with van der Waals surface area (Å²) >= 11 is 0.